The zero-order valence-corrected chi connectivity index (χ0v) is 8.96. The number of furan rings is 1. The van der Waals surface area contributed by atoms with Crippen molar-refractivity contribution in [3.8, 4) is 5.75 Å². The van der Waals surface area contributed by atoms with Crippen molar-refractivity contribution in [2.24, 2.45) is 0 Å². The van der Waals surface area contributed by atoms with Gasteiger partial charge in [-0.15, -0.1) is 0 Å². The molecule has 0 unspecified atom stereocenters. The molecule has 4 heteroatoms. The molecule has 2 N–H and O–H groups in total. The topological polar surface area (TPSA) is 62.5 Å². The standard InChI is InChI=1S/C13H11NO3/c15-11-5-3-10(4-6-11)14-8-7-12(16)13-2-1-9-17-13/h1-9,14-15H. The lowest BCUT2D eigenvalue weighted by Gasteiger charge is -1.99. The van der Waals surface area contributed by atoms with Gasteiger partial charge in [0.05, 0.1) is 6.26 Å². The minimum Gasteiger partial charge on any atom is -0.508 e. The molecular formula is C13H11NO3. The van der Waals surface area contributed by atoms with Crippen molar-refractivity contribution in [3.63, 3.8) is 0 Å². The Kier molecular flexibility index (Phi) is 3.25. The van der Waals surface area contributed by atoms with E-state index in [2.05, 4.69) is 5.32 Å². The van der Waals surface area contributed by atoms with E-state index in [1.165, 1.54) is 18.5 Å². The maximum absolute atomic E-state index is 11.5. The molecule has 0 aliphatic heterocycles. The summed E-state index contributed by atoms with van der Waals surface area (Å²) in [5.74, 6) is 0.293. The van der Waals surface area contributed by atoms with E-state index in [1.807, 2.05) is 0 Å². The number of carbonyl (C=O) groups excluding carboxylic acids is 1. The molecule has 1 aromatic carbocycles. The van der Waals surface area contributed by atoms with Crippen molar-refractivity contribution in [1.82, 2.24) is 0 Å². The third-order valence-electron chi connectivity index (χ3n) is 2.12. The first-order valence-electron chi connectivity index (χ1n) is 5.05. The van der Waals surface area contributed by atoms with Gasteiger partial charge in [0.2, 0.25) is 5.78 Å². The maximum atomic E-state index is 11.5. The van der Waals surface area contributed by atoms with E-state index < -0.39 is 0 Å². The zero-order chi connectivity index (χ0) is 12.1. The van der Waals surface area contributed by atoms with E-state index in [0.29, 0.717) is 5.76 Å². The van der Waals surface area contributed by atoms with Gasteiger partial charge in [-0.3, -0.25) is 4.79 Å². The highest BCUT2D eigenvalue weighted by atomic mass is 16.3. The predicted octanol–water partition coefficient (Wildman–Crippen LogP) is 2.79. The van der Waals surface area contributed by atoms with Crippen molar-refractivity contribution in [1.29, 1.82) is 0 Å². The molecule has 0 radical (unpaired) electrons. The number of phenolic OH excluding ortho intramolecular Hbond substituents is 1. The Labute approximate surface area is 98.2 Å². The number of carbonyl (C=O) groups is 1. The Hall–Kier alpha value is -2.49. The van der Waals surface area contributed by atoms with Crippen molar-refractivity contribution < 1.29 is 14.3 Å². The van der Waals surface area contributed by atoms with E-state index >= 15 is 0 Å². The highest BCUT2D eigenvalue weighted by Crippen LogP contribution is 2.13. The van der Waals surface area contributed by atoms with E-state index in [0.717, 1.165) is 5.69 Å². The minimum atomic E-state index is -0.207. The fourth-order valence-corrected chi connectivity index (χ4v) is 1.27. The Bertz CT molecular complexity index is 512. The Morgan fingerprint density at radius 3 is 2.65 bits per heavy atom. The number of hydrogen-bond donors (Lipinski definition) is 2. The van der Waals surface area contributed by atoms with E-state index in [9.17, 15) is 4.79 Å². The van der Waals surface area contributed by atoms with Crippen LogP contribution in [0.3, 0.4) is 0 Å². The molecule has 17 heavy (non-hydrogen) atoms. The van der Waals surface area contributed by atoms with E-state index in [4.69, 9.17) is 9.52 Å². The van der Waals surface area contributed by atoms with Crippen LogP contribution in [0.2, 0.25) is 0 Å². The van der Waals surface area contributed by atoms with Crippen LogP contribution in [0.4, 0.5) is 5.69 Å². The van der Waals surface area contributed by atoms with Gasteiger partial charge in [-0.1, -0.05) is 0 Å². The second-order valence-electron chi connectivity index (χ2n) is 3.37. The van der Waals surface area contributed by atoms with Crippen LogP contribution in [-0.2, 0) is 0 Å². The molecule has 0 saturated heterocycles. The van der Waals surface area contributed by atoms with Crippen molar-refractivity contribution in [2.75, 3.05) is 5.32 Å². The Morgan fingerprint density at radius 1 is 1.24 bits per heavy atom. The molecule has 2 aromatic rings. The maximum Gasteiger partial charge on any atom is 0.222 e. The summed E-state index contributed by atoms with van der Waals surface area (Å²) in [5, 5.41) is 12.0. The highest BCUT2D eigenvalue weighted by Gasteiger charge is 2.02. The summed E-state index contributed by atoms with van der Waals surface area (Å²) < 4.78 is 4.95. The van der Waals surface area contributed by atoms with Crippen LogP contribution < -0.4 is 5.32 Å². The number of phenols is 1. The van der Waals surface area contributed by atoms with E-state index in [-0.39, 0.29) is 11.5 Å². The Morgan fingerprint density at radius 2 is 2.00 bits per heavy atom. The van der Waals surface area contributed by atoms with Crippen LogP contribution in [0.1, 0.15) is 10.6 Å². The van der Waals surface area contributed by atoms with Crippen LogP contribution in [0.15, 0.2) is 59.4 Å². The van der Waals surface area contributed by atoms with Gasteiger partial charge in [-0.2, -0.15) is 0 Å². The molecule has 0 aliphatic carbocycles. The van der Waals surface area contributed by atoms with E-state index in [1.54, 1.807) is 36.4 Å². The minimum absolute atomic E-state index is 0.200. The lowest BCUT2D eigenvalue weighted by molar-refractivity contribution is 0.102. The fourth-order valence-electron chi connectivity index (χ4n) is 1.27. The van der Waals surface area contributed by atoms with Gasteiger partial charge in [0.25, 0.3) is 0 Å². The molecule has 0 amide bonds. The molecule has 0 saturated carbocycles. The van der Waals surface area contributed by atoms with Crippen molar-refractivity contribution >= 4 is 11.5 Å². The normalized spacial score (nSPS) is 10.6. The molecule has 0 bridgehead atoms. The van der Waals surface area contributed by atoms with Crippen molar-refractivity contribution in [3.05, 3.63) is 60.7 Å². The van der Waals surface area contributed by atoms with Gasteiger partial charge < -0.3 is 14.8 Å². The number of allylic oxidation sites excluding steroid dienone is 1. The second kappa shape index (κ2) is 5.03. The lowest BCUT2D eigenvalue weighted by atomic mass is 10.3. The molecule has 1 aromatic heterocycles. The first-order valence-corrected chi connectivity index (χ1v) is 5.05. The average Bonchev–Trinajstić information content (AvgIpc) is 2.85. The lowest BCUT2D eigenvalue weighted by Crippen LogP contribution is -1.94. The molecular weight excluding hydrogens is 218 g/mol. The van der Waals surface area contributed by atoms with Crippen LogP contribution in [0, 0.1) is 0 Å². The number of anilines is 1. The molecule has 0 spiro atoms. The van der Waals surface area contributed by atoms with Crippen LogP contribution in [-0.4, -0.2) is 10.9 Å². The van der Waals surface area contributed by atoms with Gasteiger partial charge in [0.15, 0.2) is 5.76 Å². The van der Waals surface area contributed by atoms with Gasteiger partial charge in [0, 0.05) is 18.0 Å². The summed E-state index contributed by atoms with van der Waals surface area (Å²) in [4.78, 5) is 11.5. The van der Waals surface area contributed by atoms with Crippen molar-refractivity contribution in [2.45, 2.75) is 0 Å². The third kappa shape index (κ3) is 2.98. The monoisotopic (exact) mass is 229 g/mol. The smallest absolute Gasteiger partial charge is 0.222 e. The molecule has 2 rings (SSSR count). The van der Waals surface area contributed by atoms with Crippen LogP contribution >= 0.6 is 0 Å². The molecule has 0 aliphatic rings. The average molecular weight is 229 g/mol. The van der Waals surface area contributed by atoms with Crippen LogP contribution in [0.25, 0.3) is 0 Å². The molecule has 86 valence electrons. The molecule has 1 heterocycles. The quantitative estimate of drug-likeness (QED) is 0.480. The second-order valence-corrected chi connectivity index (χ2v) is 3.37. The summed E-state index contributed by atoms with van der Waals surface area (Å²) in [6.45, 7) is 0. The number of aromatic hydroxyl groups is 1. The number of nitrogens with one attached hydrogen (secondary N) is 1. The first-order chi connectivity index (χ1) is 8.25. The number of benzene rings is 1. The SMILES string of the molecule is O=C(C=CNc1ccc(O)cc1)c1ccco1. The van der Waals surface area contributed by atoms with Gasteiger partial charge in [-0.25, -0.2) is 0 Å². The van der Waals surface area contributed by atoms with Gasteiger partial charge in [0.1, 0.15) is 5.75 Å². The Balaban J connectivity index is 1.94. The summed E-state index contributed by atoms with van der Waals surface area (Å²) in [6.07, 6.45) is 4.36. The third-order valence-corrected chi connectivity index (χ3v) is 2.12. The molecule has 0 fully saturated rings. The number of hydrogen-bond acceptors (Lipinski definition) is 4. The first kappa shape index (κ1) is 11.0. The number of ketones is 1. The fraction of sp³-hybridized carbons (Fsp3) is 0. The number of rotatable bonds is 4. The molecule has 4 nitrogen and oxygen atoms in total. The van der Waals surface area contributed by atoms with Gasteiger partial charge in [-0.05, 0) is 36.4 Å². The predicted molar refractivity (Wildman–Crippen MR) is 63.9 cm³/mol. The zero-order valence-electron chi connectivity index (χ0n) is 8.96. The van der Waals surface area contributed by atoms with Gasteiger partial charge >= 0.3 is 0 Å². The van der Waals surface area contributed by atoms with Crippen LogP contribution in [0.5, 0.6) is 5.75 Å². The molecule has 0 atom stereocenters. The largest absolute Gasteiger partial charge is 0.508 e. The highest BCUT2D eigenvalue weighted by molar-refractivity contribution is 6.02. The summed E-state index contributed by atoms with van der Waals surface area (Å²) in [6, 6.07) is 9.80. The summed E-state index contributed by atoms with van der Waals surface area (Å²) in [5.41, 5.74) is 0.784. The summed E-state index contributed by atoms with van der Waals surface area (Å²) >= 11 is 0. The summed E-state index contributed by atoms with van der Waals surface area (Å²) in [7, 11) is 0.